The zero-order chi connectivity index (χ0) is 43.1. The molecule has 0 amide bonds. The van der Waals surface area contributed by atoms with Gasteiger partial charge in [-0.2, -0.15) is 0 Å². The van der Waals surface area contributed by atoms with Gasteiger partial charge in [-0.1, -0.05) is 43.6 Å². The number of aliphatic hydroxyl groups is 3. The van der Waals surface area contributed by atoms with Crippen molar-refractivity contribution in [2.75, 3.05) is 21.2 Å². The van der Waals surface area contributed by atoms with Gasteiger partial charge in [0.15, 0.2) is 12.4 Å². The molecule has 3 saturated heterocycles. The van der Waals surface area contributed by atoms with Crippen molar-refractivity contribution >= 4 is 27.9 Å². The smallest absolute Gasteiger partial charge is 0.338 e. The van der Waals surface area contributed by atoms with Crippen LogP contribution in [0.3, 0.4) is 0 Å². The lowest BCUT2D eigenvalue weighted by atomic mass is 9.76. The average Bonchev–Trinajstić information content (AvgIpc) is 3.49. The standard InChI is InChI=1S/C43H66BrNO13/c1-13-30(46)43(9,50)37-23(3)32-22(2)20-42(8,58-32)36(24(4)33(25(5)38(48)56-37)54-31-21-41(7,51-12)35(47)26(6)53-31)57-40-34(29(45(10)11)18-19-52-40)55-39(49)27-14-16-28(44)17-15-27/h14-19,22-26,29-37,40,46-47,50H,13,20-21H2,1-12H3/t22?,23-,24-,25+,26?,29?,30+,31-,32?,33-,34?,35-,36+,37+,40-,41?,42+,43+/m0/s1. The van der Waals surface area contributed by atoms with Crippen LogP contribution in [0.2, 0.25) is 0 Å². The van der Waals surface area contributed by atoms with Crippen LogP contribution in [0.4, 0.5) is 0 Å². The molecular formula is C43H66BrNO13. The summed E-state index contributed by atoms with van der Waals surface area (Å²) in [4.78, 5) is 30.1. The zero-order valence-electron chi connectivity index (χ0n) is 36.0. The molecule has 4 aliphatic rings. The number of fused-ring (bicyclic) bond motifs is 2. The van der Waals surface area contributed by atoms with Crippen LogP contribution in [0.5, 0.6) is 0 Å². The van der Waals surface area contributed by atoms with Crippen LogP contribution in [-0.4, -0.2) is 138 Å². The van der Waals surface area contributed by atoms with Crippen molar-refractivity contribution in [2.45, 2.75) is 166 Å². The molecule has 1 aromatic carbocycles. The molecular weight excluding hydrogens is 818 g/mol. The van der Waals surface area contributed by atoms with Gasteiger partial charge >= 0.3 is 11.9 Å². The molecule has 0 radical (unpaired) electrons. The van der Waals surface area contributed by atoms with Gasteiger partial charge in [0.25, 0.3) is 0 Å². The number of esters is 2. The molecule has 328 valence electrons. The number of rotatable bonds is 11. The van der Waals surface area contributed by atoms with E-state index in [0.29, 0.717) is 12.0 Å². The van der Waals surface area contributed by atoms with Crippen molar-refractivity contribution in [1.82, 2.24) is 4.90 Å². The molecule has 0 spiro atoms. The normalized spacial score (nSPS) is 42.5. The number of likely N-dealkylation sites (N-methyl/N-ethyl adjacent to an activating group) is 1. The summed E-state index contributed by atoms with van der Waals surface area (Å²) < 4.78 is 52.5. The number of halogens is 1. The maximum atomic E-state index is 14.5. The van der Waals surface area contributed by atoms with E-state index in [9.17, 15) is 24.9 Å². The molecule has 0 aromatic heterocycles. The van der Waals surface area contributed by atoms with Crippen LogP contribution in [0.15, 0.2) is 41.1 Å². The van der Waals surface area contributed by atoms with Crippen LogP contribution in [0, 0.1) is 23.7 Å². The molecule has 3 N–H and O–H groups in total. The lowest BCUT2D eigenvalue weighted by Gasteiger charge is -2.48. The molecule has 1 aromatic rings. The van der Waals surface area contributed by atoms with Crippen molar-refractivity contribution in [2.24, 2.45) is 23.7 Å². The van der Waals surface area contributed by atoms with Gasteiger partial charge in [0, 0.05) is 29.8 Å². The van der Waals surface area contributed by atoms with Crippen molar-refractivity contribution in [3.8, 4) is 0 Å². The van der Waals surface area contributed by atoms with Crippen molar-refractivity contribution in [1.29, 1.82) is 0 Å². The Hall–Kier alpha value is -2.18. The van der Waals surface area contributed by atoms with Crippen LogP contribution in [0.1, 0.15) is 91.9 Å². The molecule has 6 unspecified atom stereocenters. The zero-order valence-corrected chi connectivity index (χ0v) is 37.6. The summed E-state index contributed by atoms with van der Waals surface area (Å²) in [6.45, 7) is 16.2. The van der Waals surface area contributed by atoms with E-state index in [-0.39, 0.29) is 18.8 Å². The van der Waals surface area contributed by atoms with E-state index in [2.05, 4.69) is 15.9 Å². The number of methoxy groups -OCH3 is 1. The number of ether oxygens (including phenoxy) is 8. The van der Waals surface area contributed by atoms with E-state index in [1.165, 1.54) is 20.3 Å². The first-order chi connectivity index (χ1) is 27.1. The van der Waals surface area contributed by atoms with E-state index in [1.54, 1.807) is 58.0 Å². The number of hydrogen-bond acceptors (Lipinski definition) is 14. The fourth-order valence-electron chi connectivity index (χ4n) is 9.58. The summed E-state index contributed by atoms with van der Waals surface area (Å²) in [6, 6.07) is 6.42. The summed E-state index contributed by atoms with van der Waals surface area (Å²) in [5.41, 5.74) is -3.55. The summed E-state index contributed by atoms with van der Waals surface area (Å²) in [6.07, 6.45) is -5.15. The van der Waals surface area contributed by atoms with Gasteiger partial charge in [-0.3, -0.25) is 9.69 Å². The highest BCUT2D eigenvalue weighted by atomic mass is 79.9. The number of carbonyl (C=O) groups excluding carboxylic acids is 2. The molecule has 3 fully saturated rings. The Morgan fingerprint density at radius 2 is 1.71 bits per heavy atom. The maximum absolute atomic E-state index is 14.5. The first-order valence-corrected chi connectivity index (χ1v) is 21.3. The molecule has 0 aliphatic carbocycles. The van der Waals surface area contributed by atoms with Crippen LogP contribution in [0.25, 0.3) is 0 Å². The molecule has 15 heteroatoms. The third-order valence-electron chi connectivity index (χ3n) is 13.1. The Kier molecular flexibility index (Phi) is 14.9. The molecule has 18 atom stereocenters. The van der Waals surface area contributed by atoms with Crippen molar-refractivity contribution in [3.63, 3.8) is 0 Å². The second-order valence-electron chi connectivity index (χ2n) is 17.8. The number of cyclic esters (lactones) is 1. The molecule has 4 aliphatic heterocycles. The fourth-order valence-corrected chi connectivity index (χ4v) is 9.84. The van der Waals surface area contributed by atoms with Gasteiger partial charge < -0.3 is 53.2 Å². The lowest BCUT2D eigenvalue weighted by molar-refractivity contribution is -0.307. The van der Waals surface area contributed by atoms with E-state index >= 15 is 0 Å². The van der Waals surface area contributed by atoms with Gasteiger partial charge in [0.2, 0.25) is 6.29 Å². The minimum atomic E-state index is -1.83. The minimum absolute atomic E-state index is 0.121. The van der Waals surface area contributed by atoms with Crippen LogP contribution in [-0.2, 0) is 42.7 Å². The fraction of sp³-hybridized carbons (Fsp3) is 0.767. The largest absolute Gasteiger partial charge is 0.469 e. The molecule has 5 rings (SSSR count). The Morgan fingerprint density at radius 1 is 1.05 bits per heavy atom. The SMILES string of the molecule is CC[C@@H](O)[C@@](C)(O)[C@@H]1OC(=O)[C@H](C)[C@@H](O[C@H]2CC(C)(OC)[C@@H](O)C(C)O2)[C@H](C)[C@@H](O[C@@H]2OC=CC(N(C)C)C2OC(=O)c2ccc(Br)cc2)[C@@]2(C)CC(C)C(O2)[C@@H]1C. The van der Waals surface area contributed by atoms with Gasteiger partial charge in [0.05, 0.1) is 65.5 Å². The quantitative estimate of drug-likeness (QED) is 0.254. The number of carbonyl (C=O) groups is 2. The monoisotopic (exact) mass is 883 g/mol. The maximum Gasteiger partial charge on any atom is 0.338 e. The van der Waals surface area contributed by atoms with E-state index < -0.39 is 114 Å². The summed E-state index contributed by atoms with van der Waals surface area (Å²) in [7, 11) is 5.26. The number of hydrogen-bond donors (Lipinski definition) is 3. The predicted molar refractivity (Wildman–Crippen MR) is 216 cm³/mol. The molecule has 0 saturated carbocycles. The second-order valence-corrected chi connectivity index (χ2v) is 18.8. The van der Waals surface area contributed by atoms with Gasteiger partial charge in [-0.25, -0.2) is 4.79 Å². The highest BCUT2D eigenvalue weighted by molar-refractivity contribution is 9.10. The highest BCUT2D eigenvalue weighted by Crippen LogP contribution is 2.48. The third kappa shape index (κ3) is 9.49. The van der Waals surface area contributed by atoms with Crippen molar-refractivity contribution in [3.05, 3.63) is 46.6 Å². The molecule has 58 heavy (non-hydrogen) atoms. The van der Waals surface area contributed by atoms with E-state index in [4.69, 9.17) is 37.9 Å². The van der Waals surface area contributed by atoms with Gasteiger partial charge in [-0.05, 0) is 97.8 Å². The first-order valence-electron chi connectivity index (χ1n) is 20.5. The molecule has 14 nitrogen and oxygen atoms in total. The second kappa shape index (κ2) is 18.4. The van der Waals surface area contributed by atoms with Crippen molar-refractivity contribution < 1.29 is 62.8 Å². The van der Waals surface area contributed by atoms with Gasteiger partial charge in [0.1, 0.15) is 17.8 Å². The van der Waals surface area contributed by atoms with E-state index in [1.807, 2.05) is 46.7 Å². The van der Waals surface area contributed by atoms with E-state index in [0.717, 1.165) is 4.47 Å². The minimum Gasteiger partial charge on any atom is -0.469 e. The third-order valence-corrected chi connectivity index (χ3v) is 13.6. The number of nitrogens with zero attached hydrogens (tertiary/aromatic N) is 1. The Balaban J connectivity index is 1.60. The summed E-state index contributed by atoms with van der Waals surface area (Å²) in [5, 5.41) is 34.0. The van der Waals surface area contributed by atoms with Gasteiger partial charge in [-0.15, -0.1) is 0 Å². The molecule has 2 bridgehead atoms. The molecule has 4 heterocycles. The number of aliphatic hydroxyl groups excluding tert-OH is 2. The topological polar surface area (TPSA) is 172 Å². The highest BCUT2D eigenvalue weighted by Gasteiger charge is 2.59. The Labute approximate surface area is 351 Å². The Bertz CT molecular complexity index is 1590. The van der Waals surface area contributed by atoms with Crippen LogP contribution >= 0.6 is 15.9 Å². The predicted octanol–water partition coefficient (Wildman–Crippen LogP) is 4.99. The average molecular weight is 885 g/mol. The lowest BCUT2D eigenvalue weighted by Crippen LogP contribution is -2.59. The Morgan fingerprint density at radius 3 is 2.31 bits per heavy atom. The van der Waals surface area contributed by atoms with Crippen LogP contribution < -0.4 is 0 Å². The number of benzene rings is 1. The first kappa shape index (κ1) is 46.9. The summed E-state index contributed by atoms with van der Waals surface area (Å²) in [5.74, 6) is -3.54. The summed E-state index contributed by atoms with van der Waals surface area (Å²) >= 11 is 3.42.